The average molecular weight is 498 g/mol. The smallest absolute Gasteiger partial charge is 0.409 e. The zero-order valence-corrected chi connectivity index (χ0v) is 21.4. The van der Waals surface area contributed by atoms with E-state index in [1.807, 2.05) is 44.2 Å². The van der Waals surface area contributed by atoms with Gasteiger partial charge >= 0.3 is 6.09 Å². The molecule has 2 atom stereocenters. The fraction of sp³-hybridized carbons (Fsp3) is 0.500. The molecule has 0 spiro atoms. The number of hydrogen-bond acceptors (Lipinski definition) is 6. The van der Waals surface area contributed by atoms with Crippen LogP contribution in [0.2, 0.25) is 0 Å². The molecule has 1 aliphatic carbocycles. The summed E-state index contributed by atoms with van der Waals surface area (Å²) in [7, 11) is 1.55. The molecule has 2 aromatic rings. The van der Waals surface area contributed by atoms with Gasteiger partial charge in [0.25, 0.3) is 5.91 Å². The minimum atomic E-state index is -1.16. The second kappa shape index (κ2) is 12.7. The first-order valence-corrected chi connectivity index (χ1v) is 12.6. The molecule has 1 aliphatic rings. The van der Waals surface area contributed by atoms with Crippen LogP contribution in [0.25, 0.3) is 0 Å². The lowest BCUT2D eigenvalue weighted by molar-refractivity contribution is 0.0354. The van der Waals surface area contributed by atoms with E-state index in [1.54, 1.807) is 19.2 Å². The van der Waals surface area contributed by atoms with Crippen molar-refractivity contribution in [3.63, 3.8) is 0 Å². The van der Waals surface area contributed by atoms with E-state index in [-0.39, 0.29) is 17.4 Å². The van der Waals surface area contributed by atoms with E-state index in [9.17, 15) is 14.7 Å². The molecule has 0 radical (unpaired) electrons. The summed E-state index contributed by atoms with van der Waals surface area (Å²) in [5.74, 6) is 0.648. The summed E-state index contributed by atoms with van der Waals surface area (Å²) in [6.07, 6.45) is 1.24. The number of methoxy groups -OCH3 is 1. The molecular weight excluding hydrogens is 458 g/mol. The van der Waals surface area contributed by atoms with Crippen LogP contribution in [0.5, 0.6) is 5.75 Å². The maximum absolute atomic E-state index is 13.0. The van der Waals surface area contributed by atoms with Crippen molar-refractivity contribution in [1.29, 1.82) is 0 Å². The molecule has 0 saturated heterocycles. The molecular formula is C28H39N3O5. The molecule has 8 heteroatoms. The Bertz CT molecular complexity index is 990. The molecule has 1 unspecified atom stereocenters. The first-order chi connectivity index (χ1) is 17.2. The number of nitrogens with two attached hydrogens (primary N) is 1. The highest BCUT2D eigenvalue weighted by Crippen LogP contribution is 2.40. The molecule has 196 valence electrons. The SMILES string of the molecule is COc1ccccc1C(=O)NCC1(c2ccccc2)CCC(OC(=O)NC(O)[C@H](N)CC(C)C)CC1. The van der Waals surface area contributed by atoms with Gasteiger partial charge in [0.2, 0.25) is 0 Å². The van der Waals surface area contributed by atoms with Gasteiger partial charge in [-0.3, -0.25) is 10.1 Å². The Kier molecular flexibility index (Phi) is 9.73. The summed E-state index contributed by atoms with van der Waals surface area (Å²) in [5.41, 5.74) is 7.31. The van der Waals surface area contributed by atoms with Gasteiger partial charge in [-0.2, -0.15) is 0 Å². The van der Waals surface area contributed by atoms with E-state index in [4.69, 9.17) is 15.2 Å². The Morgan fingerprint density at radius 2 is 1.72 bits per heavy atom. The molecule has 5 N–H and O–H groups in total. The molecule has 0 aliphatic heterocycles. The quantitative estimate of drug-likeness (QED) is 0.371. The van der Waals surface area contributed by atoms with Gasteiger partial charge in [-0.05, 0) is 55.7 Å². The number of nitrogens with one attached hydrogen (secondary N) is 2. The molecule has 1 saturated carbocycles. The lowest BCUT2D eigenvalue weighted by Gasteiger charge is -2.40. The summed E-state index contributed by atoms with van der Waals surface area (Å²) in [4.78, 5) is 25.3. The van der Waals surface area contributed by atoms with Crippen LogP contribution in [0.4, 0.5) is 4.79 Å². The number of amides is 2. The van der Waals surface area contributed by atoms with Crippen molar-refractivity contribution in [2.45, 2.75) is 69.7 Å². The van der Waals surface area contributed by atoms with Crippen LogP contribution in [0.1, 0.15) is 61.9 Å². The first kappa shape index (κ1) is 27.5. The van der Waals surface area contributed by atoms with Crippen LogP contribution < -0.4 is 21.1 Å². The fourth-order valence-electron chi connectivity index (χ4n) is 4.88. The van der Waals surface area contributed by atoms with Gasteiger partial charge in [-0.1, -0.05) is 56.3 Å². The van der Waals surface area contributed by atoms with Crippen molar-refractivity contribution < 1.29 is 24.2 Å². The molecule has 36 heavy (non-hydrogen) atoms. The second-order valence-corrected chi connectivity index (χ2v) is 10.0. The number of hydrogen-bond donors (Lipinski definition) is 4. The predicted molar refractivity (Wildman–Crippen MR) is 139 cm³/mol. The van der Waals surface area contributed by atoms with Crippen molar-refractivity contribution >= 4 is 12.0 Å². The number of rotatable bonds is 10. The summed E-state index contributed by atoms with van der Waals surface area (Å²) < 4.78 is 10.9. The van der Waals surface area contributed by atoms with Crippen molar-refractivity contribution in [2.75, 3.05) is 13.7 Å². The number of benzene rings is 2. The summed E-state index contributed by atoms with van der Waals surface area (Å²) in [5, 5.41) is 15.7. The normalized spacial score (nSPS) is 21.3. The maximum atomic E-state index is 13.0. The zero-order valence-electron chi connectivity index (χ0n) is 21.4. The first-order valence-electron chi connectivity index (χ1n) is 12.6. The third kappa shape index (κ3) is 7.21. The van der Waals surface area contributed by atoms with E-state index in [0.29, 0.717) is 43.0 Å². The monoisotopic (exact) mass is 497 g/mol. The van der Waals surface area contributed by atoms with Crippen LogP contribution in [-0.4, -0.2) is 49.1 Å². The lowest BCUT2D eigenvalue weighted by atomic mass is 9.68. The van der Waals surface area contributed by atoms with Gasteiger partial charge in [-0.15, -0.1) is 0 Å². The van der Waals surface area contributed by atoms with Crippen molar-refractivity contribution in [2.24, 2.45) is 11.7 Å². The lowest BCUT2D eigenvalue weighted by Crippen LogP contribution is -2.49. The minimum absolute atomic E-state index is 0.188. The number of carbonyl (C=O) groups excluding carboxylic acids is 2. The summed E-state index contributed by atoms with van der Waals surface area (Å²) in [6, 6.07) is 16.7. The van der Waals surface area contributed by atoms with Crippen molar-refractivity contribution in [3.05, 3.63) is 65.7 Å². The standard InChI is InChI=1S/C28H39N3O5/c1-19(2)17-23(29)26(33)31-27(34)36-21-13-15-28(16-14-21,20-9-5-4-6-10-20)18-30-25(32)22-11-7-8-12-24(22)35-3/h4-12,19,21,23,26,33H,13-18,29H2,1-3H3,(H,30,32)(H,31,34)/t21?,23-,26?,28?/m1/s1. The van der Waals surface area contributed by atoms with Crippen LogP contribution in [-0.2, 0) is 10.2 Å². The predicted octanol–water partition coefficient (Wildman–Crippen LogP) is 3.72. The molecule has 2 amide bonds. The Hall–Kier alpha value is -3.10. The Balaban J connectivity index is 1.62. The minimum Gasteiger partial charge on any atom is -0.496 e. The fourth-order valence-corrected chi connectivity index (χ4v) is 4.88. The molecule has 1 fully saturated rings. The van der Waals surface area contributed by atoms with E-state index >= 15 is 0 Å². The summed E-state index contributed by atoms with van der Waals surface area (Å²) in [6.45, 7) is 4.46. The second-order valence-electron chi connectivity index (χ2n) is 10.0. The molecule has 2 aromatic carbocycles. The third-order valence-electron chi connectivity index (χ3n) is 6.90. The van der Waals surface area contributed by atoms with Crippen LogP contribution in [0, 0.1) is 5.92 Å². The molecule has 8 nitrogen and oxygen atoms in total. The number of aliphatic hydroxyl groups excluding tert-OH is 1. The average Bonchev–Trinajstić information content (AvgIpc) is 2.88. The Labute approximate surface area is 213 Å². The maximum Gasteiger partial charge on any atom is 0.409 e. The third-order valence-corrected chi connectivity index (χ3v) is 6.90. The van der Waals surface area contributed by atoms with Gasteiger partial charge in [0, 0.05) is 18.0 Å². The number of para-hydroxylation sites is 1. The molecule has 3 rings (SSSR count). The number of carbonyl (C=O) groups is 2. The van der Waals surface area contributed by atoms with Gasteiger partial charge in [-0.25, -0.2) is 4.79 Å². The Morgan fingerprint density at radius 1 is 1.08 bits per heavy atom. The van der Waals surface area contributed by atoms with Crippen LogP contribution in [0.15, 0.2) is 54.6 Å². The van der Waals surface area contributed by atoms with Gasteiger partial charge < -0.3 is 25.6 Å². The van der Waals surface area contributed by atoms with E-state index < -0.39 is 18.4 Å². The Morgan fingerprint density at radius 3 is 2.36 bits per heavy atom. The van der Waals surface area contributed by atoms with Crippen LogP contribution >= 0.6 is 0 Å². The molecule has 0 aromatic heterocycles. The number of aliphatic hydroxyl groups is 1. The zero-order chi connectivity index (χ0) is 26.1. The summed E-state index contributed by atoms with van der Waals surface area (Å²) >= 11 is 0. The molecule has 0 heterocycles. The van der Waals surface area contributed by atoms with Gasteiger partial charge in [0.05, 0.1) is 12.7 Å². The highest BCUT2D eigenvalue weighted by molar-refractivity contribution is 5.97. The van der Waals surface area contributed by atoms with E-state index in [1.165, 1.54) is 0 Å². The van der Waals surface area contributed by atoms with Crippen molar-refractivity contribution in [3.8, 4) is 5.75 Å². The number of alkyl carbamates (subject to hydrolysis) is 1. The number of ether oxygens (including phenoxy) is 2. The molecule has 0 bridgehead atoms. The van der Waals surface area contributed by atoms with E-state index in [0.717, 1.165) is 18.4 Å². The highest BCUT2D eigenvalue weighted by Gasteiger charge is 2.38. The van der Waals surface area contributed by atoms with E-state index in [2.05, 4.69) is 22.8 Å². The topological polar surface area (TPSA) is 123 Å². The highest BCUT2D eigenvalue weighted by atomic mass is 16.6. The van der Waals surface area contributed by atoms with Gasteiger partial charge in [0.1, 0.15) is 18.1 Å². The van der Waals surface area contributed by atoms with Crippen molar-refractivity contribution in [1.82, 2.24) is 10.6 Å². The van der Waals surface area contributed by atoms with Gasteiger partial charge in [0.15, 0.2) is 0 Å². The van der Waals surface area contributed by atoms with Crippen LogP contribution in [0.3, 0.4) is 0 Å². The largest absolute Gasteiger partial charge is 0.496 e.